The topological polar surface area (TPSA) is 96.1 Å². The molecular weight excluding hydrogens is 414 g/mol. The van der Waals surface area contributed by atoms with E-state index in [4.69, 9.17) is 18.6 Å². The van der Waals surface area contributed by atoms with Crippen LogP contribution in [-0.2, 0) is 26.3 Å². The highest BCUT2D eigenvalue weighted by Crippen LogP contribution is 2.20. The van der Waals surface area contributed by atoms with Crippen molar-refractivity contribution >= 4 is 10.9 Å². The van der Waals surface area contributed by atoms with E-state index in [9.17, 15) is 0 Å². The SMILES string of the molecule is C[n+]1c(CCc2ccccc2)c(Cc2ccccc2)cc2ccccc21.[O-][Cl+3]([O-])([O-])[O-]. The zero-order chi connectivity index (χ0) is 22.3. The number of aryl methyl sites for hydroxylation is 2. The minimum Gasteiger partial charge on any atom is -0.222 e. The van der Waals surface area contributed by atoms with Crippen LogP contribution in [0.2, 0.25) is 0 Å². The van der Waals surface area contributed by atoms with Gasteiger partial charge in [0.1, 0.15) is 7.05 Å². The van der Waals surface area contributed by atoms with Gasteiger partial charge in [0, 0.05) is 29.9 Å². The van der Waals surface area contributed by atoms with Gasteiger partial charge in [-0.05, 0) is 29.7 Å². The van der Waals surface area contributed by atoms with E-state index >= 15 is 0 Å². The molecule has 4 aromatic rings. The van der Waals surface area contributed by atoms with Crippen LogP contribution in [0.15, 0.2) is 91.0 Å². The summed E-state index contributed by atoms with van der Waals surface area (Å²) in [5.74, 6) is 0. The Labute approximate surface area is 184 Å². The Balaban J connectivity index is 0.000000491. The molecule has 4 rings (SSSR count). The fourth-order valence-electron chi connectivity index (χ4n) is 3.75. The van der Waals surface area contributed by atoms with Gasteiger partial charge in [-0.1, -0.05) is 72.8 Å². The molecule has 1 aromatic heterocycles. The minimum absolute atomic E-state index is 0.976. The van der Waals surface area contributed by atoms with Gasteiger partial charge in [0.05, 0.1) is 0 Å². The maximum absolute atomic E-state index is 8.49. The molecule has 0 amide bonds. The molecule has 0 spiro atoms. The summed E-state index contributed by atoms with van der Waals surface area (Å²) in [7, 11) is -2.74. The van der Waals surface area contributed by atoms with Gasteiger partial charge >= 0.3 is 0 Å². The summed E-state index contributed by atoms with van der Waals surface area (Å²) in [5.41, 5.74) is 6.91. The predicted molar refractivity (Wildman–Crippen MR) is 108 cm³/mol. The first-order valence-electron chi connectivity index (χ1n) is 9.90. The van der Waals surface area contributed by atoms with Crippen molar-refractivity contribution < 1.29 is 33.4 Å². The van der Waals surface area contributed by atoms with Crippen molar-refractivity contribution in [3.63, 3.8) is 0 Å². The molecule has 0 saturated carbocycles. The van der Waals surface area contributed by atoms with Gasteiger partial charge in [0.15, 0.2) is 5.69 Å². The maximum atomic E-state index is 8.49. The first kappa shape index (κ1) is 22.9. The van der Waals surface area contributed by atoms with Gasteiger partial charge in [0.2, 0.25) is 5.52 Å². The molecule has 0 bridgehead atoms. The minimum atomic E-state index is -4.94. The number of para-hydroxylation sites is 1. The van der Waals surface area contributed by atoms with Crippen LogP contribution >= 0.6 is 0 Å². The molecule has 160 valence electrons. The summed E-state index contributed by atoms with van der Waals surface area (Å²) < 4.78 is 36.4. The average molecular weight is 438 g/mol. The Morgan fingerprint density at radius 2 is 1.19 bits per heavy atom. The number of aromatic nitrogens is 1. The molecule has 0 aliphatic carbocycles. The van der Waals surface area contributed by atoms with Crippen molar-refractivity contribution in [3.8, 4) is 0 Å². The Bertz CT molecular complexity index is 1110. The van der Waals surface area contributed by atoms with Crippen molar-refractivity contribution in [1.82, 2.24) is 0 Å². The first-order chi connectivity index (χ1) is 14.8. The number of halogens is 1. The third-order valence-electron chi connectivity index (χ3n) is 5.13. The predicted octanol–water partition coefficient (Wildman–Crippen LogP) is 0.284. The lowest BCUT2D eigenvalue weighted by Gasteiger charge is -2.17. The summed E-state index contributed by atoms with van der Waals surface area (Å²) >= 11 is 0. The molecule has 6 heteroatoms. The van der Waals surface area contributed by atoms with Crippen LogP contribution in [-0.4, -0.2) is 0 Å². The fourth-order valence-corrected chi connectivity index (χ4v) is 3.75. The third kappa shape index (κ3) is 7.14. The lowest BCUT2D eigenvalue weighted by Crippen LogP contribution is -2.68. The third-order valence-corrected chi connectivity index (χ3v) is 5.13. The fraction of sp³-hybridized carbons (Fsp3) is 0.160. The molecule has 0 fully saturated rings. The van der Waals surface area contributed by atoms with E-state index in [1.807, 2.05) is 0 Å². The summed E-state index contributed by atoms with van der Waals surface area (Å²) in [4.78, 5) is 0. The number of hydrogen-bond acceptors (Lipinski definition) is 4. The van der Waals surface area contributed by atoms with Crippen molar-refractivity contribution in [1.29, 1.82) is 0 Å². The number of fused-ring (bicyclic) bond motifs is 1. The smallest absolute Gasteiger partial charge is 0.212 e. The van der Waals surface area contributed by atoms with Crippen LogP contribution in [0.4, 0.5) is 0 Å². The largest absolute Gasteiger partial charge is 0.222 e. The molecule has 0 aliphatic rings. The van der Waals surface area contributed by atoms with E-state index in [2.05, 4.69) is 103 Å². The Morgan fingerprint density at radius 1 is 0.677 bits per heavy atom. The van der Waals surface area contributed by atoms with Gasteiger partial charge in [-0.3, -0.25) is 0 Å². The lowest BCUT2D eigenvalue weighted by molar-refractivity contribution is -2.00. The van der Waals surface area contributed by atoms with Gasteiger partial charge in [-0.2, -0.15) is 4.57 Å². The zero-order valence-corrected chi connectivity index (χ0v) is 18.0. The van der Waals surface area contributed by atoms with E-state index in [0.29, 0.717) is 0 Å². The number of rotatable bonds is 5. The van der Waals surface area contributed by atoms with E-state index in [1.54, 1.807) is 0 Å². The summed E-state index contributed by atoms with van der Waals surface area (Å²) in [6, 6.07) is 32.6. The van der Waals surface area contributed by atoms with Crippen molar-refractivity contribution in [2.45, 2.75) is 19.3 Å². The summed E-state index contributed by atoms with van der Waals surface area (Å²) in [6.45, 7) is 0. The molecule has 31 heavy (non-hydrogen) atoms. The van der Waals surface area contributed by atoms with Crippen LogP contribution in [0.25, 0.3) is 10.9 Å². The molecule has 5 nitrogen and oxygen atoms in total. The monoisotopic (exact) mass is 437 g/mol. The molecule has 0 aliphatic heterocycles. The van der Waals surface area contributed by atoms with Crippen LogP contribution in [0, 0.1) is 10.2 Å². The zero-order valence-electron chi connectivity index (χ0n) is 17.2. The first-order valence-corrected chi connectivity index (χ1v) is 11.1. The van der Waals surface area contributed by atoms with E-state index < -0.39 is 10.2 Å². The highest BCUT2D eigenvalue weighted by Gasteiger charge is 2.18. The second-order valence-electron chi connectivity index (χ2n) is 7.26. The second kappa shape index (κ2) is 10.5. The molecular formula is C25H24ClNO4. The quantitative estimate of drug-likeness (QED) is 0.419. The van der Waals surface area contributed by atoms with Crippen molar-refractivity contribution in [3.05, 3.63) is 113 Å². The van der Waals surface area contributed by atoms with Gasteiger partial charge in [0.25, 0.3) is 0 Å². The number of benzene rings is 3. The van der Waals surface area contributed by atoms with E-state index in [-0.39, 0.29) is 0 Å². The van der Waals surface area contributed by atoms with E-state index in [0.717, 1.165) is 19.3 Å². The Kier molecular flexibility index (Phi) is 7.74. The highest BCUT2D eigenvalue weighted by molar-refractivity contribution is 5.76. The Hall–Kier alpha value is -2.80. The van der Waals surface area contributed by atoms with Gasteiger partial charge in [-0.25, -0.2) is 18.6 Å². The van der Waals surface area contributed by atoms with E-state index in [1.165, 1.54) is 33.3 Å². The van der Waals surface area contributed by atoms with Crippen molar-refractivity contribution in [2.75, 3.05) is 0 Å². The van der Waals surface area contributed by atoms with Gasteiger partial charge < -0.3 is 0 Å². The molecule has 0 radical (unpaired) electrons. The number of nitrogens with zero attached hydrogens (tertiary/aromatic N) is 1. The molecule has 0 atom stereocenters. The average Bonchev–Trinajstić information content (AvgIpc) is 2.74. The van der Waals surface area contributed by atoms with Crippen LogP contribution in [0.1, 0.15) is 22.4 Å². The highest BCUT2D eigenvalue weighted by atomic mass is 35.7. The second-order valence-corrected chi connectivity index (χ2v) is 8.02. The maximum Gasteiger partial charge on any atom is 0.212 e. The van der Waals surface area contributed by atoms with Crippen molar-refractivity contribution in [2.24, 2.45) is 7.05 Å². The summed E-state index contributed by atoms with van der Waals surface area (Å²) in [6.07, 6.45) is 3.09. The molecule has 0 N–H and O–H groups in total. The molecule has 0 saturated heterocycles. The Morgan fingerprint density at radius 3 is 1.81 bits per heavy atom. The molecule has 0 unspecified atom stereocenters. The van der Waals surface area contributed by atoms with Crippen LogP contribution < -0.4 is 23.2 Å². The molecule has 3 aromatic carbocycles. The number of hydrogen-bond donors (Lipinski definition) is 0. The molecule has 1 heterocycles. The summed E-state index contributed by atoms with van der Waals surface area (Å²) in [5, 5.41) is 1.31. The standard InChI is InChI=1S/C25H24N.ClHO4/c1-26-24-15-9-8-14-22(24)19-23(18-21-12-6-3-7-13-21)25(26)17-16-20-10-4-2-5-11-20;2-1(3,4)5/h2-15,19H,16-18H2,1H3;(H,2,3,4,5)/q+1;/p-1. The van der Waals surface area contributed by atoms with Crippen LogP contribution in [0.5, 0.6) is 0 Å². The van der Waals surface area contributed by atoms with Crippen LogP contribution in [0.3, 0.4) is 0 Å². The van der Waals surface area contributed by atoms with Gasteiger partial charge in [-0.15, -0.1) is 10.2 Å². The lowest BCUT2D eigenvalue weighted by atomic mass is 9.97. The normalized spacial score (nSPS) is 11.1. The number of pyridine rings is 1.